The summed E-state index contributed by atoms with van der Waals surface area (Å²) in [5.74, 6) is -0.512. The fourth-order valence-electron chi connectivity index (χ4n) is 3.81. The van der Waals surface area contributed by atoms with Gasteiger partial charge in [-0.05, 0) is 37.6 Å². The van der Waals surface area contributed by atoms with E-state index in [1.54, 1.807) is 17.4 Å². The van der Waals surface area contributed by atoms with Gasteiger partial charge >= 0.3 is 6.09 Å². The van der Waals surface area contributed by atoms with E-state index < -0.39 is 17.8 Å². The van der Waals surface area contributed by atoms with E-state index in [2.05, 4.69) is 25.2 Å². The number of carbonyl (C=O) groups excluding carboxylic acids is 2. The van der Waals surface area contributed by atoms with Gasteiger partial charge in [0.05, 0.1) is 19.2 Å². The Morgan fingerprint density at radius 1 is 1.24 bits per heavy atom. The van der Waals surface area contributed by atoms with E-state index in [1.165, 1.54) is 24.3 Å². The van der Waals surface area contributed by atoms with Crippen LogP contribution in [0.1, 0.15) is 33.4 Å². The lowest BCUT2D eigenvalue weighted by molar-refractivity contribution is 0.0857. The van der Waals surface area contributed by atoms with Gasteiger partial charge in [0.15, 0.2) is 5.82 Å². The highest BCUT2D eigenvalue weighted by molar-refractivity contribution is 6.04. The minimum Gasteiger partial charge on any atom is -0.453 e. The number of aromatic nitrogens is 4. The molecule has 3 aromatic heterocycles. The van der Waals surface area contributed by atoms with E-state index in [-0.39, 0.29) is 23.1 Å². The van der Waals surface area contributed by atoms with Crippen LogP contribution in [0.4, 0.5) is 14.9 Å². The average Bonchev–Trinajstić information content (AvgIpc) is 3.42. The molecular formula is C23H21FN6O4. The molecule has 4 heterocycles. The van der Waals surface area contributed by atoms with Crippen molar-refractivity contribution < 1.29 is 23.2 Å². The quantitative estimate of drug-likeness (QED) is 0.491. The second-order valence-corrected chi connectivity index (χ2v) is 8.19. The number of fused-ring (bicyclic) bond motifs is 1. The van der Waals surface area contributed by atoms with Crippen LogP contribution in [0.25, 0.3) is 17.1 Å². The Balaban J connectivity index is 1.38. The highest BCUT2D eigenvalue weighted by Gasteiger charge is 2.35. The van der Waals surface area contributed by atoms with Gasteiger partial charge in [-0.25, -0.2) is 14.2 Å². The highest BCUT2D eigenvalue weighted by Crippen LogP contribution is 2.30. The van der Waals surface area contributed by atoms with Crippen LogP contribution in [0.15, 0.2) is 41.2 Å². The molecule has 0 atom stereocenters. The van der Waals surface area contributed by atoms with Gasteiger partial charge in [0, 0.05) is 36.1 Å². The van der Waals surface area contributed by atoms with Crippen LogP contribution in [0, 0.1) is 19.7 Å². The third-order valence-corrected chi connectivity index (χ3v) is 5.85. The first-order valence-corrected chi connectivity index (χ1v) is 10.6. The summed E-state index contributed by atoms with van der Waals surface area (Å²) in [6.07, 6.45) is 2.87. The minimum atomic E-state index is -0.526. The molecule has 0 aliphatic carbocycles. The maximum atomic E-state index is 14.7. The molecule has 0 unspecified atom stereocenters. The van der Waals surface area contributed by atoms with Crippen molar-refractivity contribution in [2.45, 2.75) is 19.8 Å². The van der Waals surface area contributed by atoms with Gasteiger partial charge in [-0.15, -0.1) is 0 Å². The number of ether oxygens (including phenoxy) is 1. The van der Waals surface area contributed by atoms with Crippen molar-refractivity contribution in [2.75, 3.05) is 25.5 Å². The highest BCUT2D eigenvalue weighted by atomic mass is 19.1. The molecule has 0 saturated carbocycles. The number of likely N-dealkylation sites (tertiary alicyclic amines) is 1. The van der Waals surface area contributed by atoms with Crippen molar-refractivity contribution in [3.63, 3.8) is 0 Å². The number of anilines is 1. The van der Waals surface area contributed by atoms with E-state index >= 15 is 0 Å². The average molecular weight is 464 g/mol. The molecule has 2 amide bonds. The molecule has 0 bridgehead atoms. The van der Waals surface area contributed by atoms with Gasteiger partial charge in [0.25, 0.3) is 11.8 Å². The van der Waals surface area contributed by atoms with Crippen molar-refractivity contribution in [1.82, 2.24) is 24.4 Å². The summed E-state index contributed by atoms with van der Waals surface area (Å²) < 4.78 is 26.4. The topological polar surface area (TPSA) is 115 Å². The van der Waals surface area contributed by atoms with Crippen molar-refractivity contribution in [1.29, 1.82) is 0 Å². The number of amides is 2. The summed E-state index contributed by atoms with van der Waals surface area (Å²) in [4.78, 5) is 34.6. The first-order valence-electron chi connectivity index (χ1n) is 10.6. The smallest absolute Gasteiger partial charge is 0.409 e. The third kappa shape index (κ3) is 3.74. The predicted molar refractivity (Wildman–Crippen MR) is 119 cm³/mol. The zero-order valence-electron chi connectivity index (χ0n) is 18.7. The first kappa shape index (κ1) is 21.6. The molecule has 0 spiro atoms. The number of pyridine rings is 1. The summed E-state index contributed by atoms with van der Waals surface area (Å²) >= 11 is 0. The fourth-order valence-corrected chi connectivity index (χ4v) is 3.81. The third-order valence-electron chi connectivity index (χ3n) is 5.85. The molecule has 0 radical (unpaired) electrons. The normalized spacial score (nSPS) is 13.7. The molecule has 1 aromatic carbocycles. The molecular weight excluding hydrogens is 443 g/mol. The van der Waals surface area contributed by atoms with E-state index in [1.807, 2.05) is 25.3 Å². The lowest BCUT2D eigenvalue weighted by atomic mass is 10.0. The summed E-state index contributed by atoms with van der Waals surface area (Å²) in [5, 5.41) is 6.74. The maximum absolute atomic E-state index is 14.7. The maximum Gasteiger partial charge on any atom is 0.409 e. The number of carbonyl (C=O) groups is 2. The molecule has 11 heteroatoms. The number of halogens is 1. The molecule has 5 rings (SSSR count). The molecule has 1 saturated heterocycles. The molecule has 1 N–H and O–H groups in total. The molecule has 10 nitrogen and oxygen atoms in total. The van der Waals surface area contributed by atoms with Crippen molar-refractivity contribution in [3.8, 4) is 11.5 Å². The SMILES string of the molecule is COC(=O)N1CC(c2noc(-c3cc(F)c(C)c(NC(=O)c4cnc5ccc(C)cn45)c3)n2)C1. The Hall–Kier alpha value is -4.28. The van der Waals surface area contributed by atoms with Crippen LogP contribution in [0.5, 0.6) is 0 Å². The Bertz CT molecular complexity index is 1420. The second-order valence-electron chi connectivity index (χ2n) is 8.19. The summed E-state index contributed by atoms with van der Waals surface area (Å²) in [6, 6.07) is 6.59. The van der Waals surface area contributed by atoms with Gasteiger partial charge in [-0.2, -0.15) is 4.98 Å². The number of nitrogens with one attached hydrogen (secondary N) is 1. The molecule has 1 fully saturated rings. The van der Waals surface area contributed by atoms with Gasteiger partial charge in [0.2, 0.25) is 0 Å². The van der Waals surface area contributed by atoms with Crippen LogP contribution in [-0.2, 0) is 4.74 Å². The van der Waals surface area contributed by atoms with Gasteiger partial charge < -0.3 is 19.5 Å². The van der Waals surface area contributed by atoms with Crippen molar-refractivity contribution in [2.24, 2.45) is 0 Å². The Labute approximate surface area is 193 Å². The monoisotopic (exact) mass is 464 g/mol. The predicted octanol–water partition coefficient (Wildman–Crippen LogP) is 3.56. The van der Waals surface area contributed by atoms with E-state index in [9.17, 15) is 14.0 Å². The zero-order valence-corrected chi connectivity index (χ0v) is 18.7. The van der Waals surface area contributed by atoms with E-state index in [0.717, 1.165) is 5.56 Å². The van der Waals surface area contributed by atoms with Gasteiger partial charge in [0.1, 0.15) is 17.2 Å². The van der Waals surface area contributed by atoms with Crippen molar-refractivity contribution >= 4 is 23.3 Å². The van der Waals surface area contributed by atoms with E-state index in [4.69, 9.17) is 4.52 Å². The summed E-state index contributed by atoms with van der Waals surface area (Å²) in [7, 11) is 1.32. The number of imidazole rings is 1. The lowest BCUT2D eigenvalue weighted by Crippen LogP contribution is -2.48. The second kappa shape index (κ2) is 8.25. The summed E-state index contributed by atoms with van der Waals surface area (Å²) in [6.45, 7) is 4.31. The Kier molecular flexibility index (Phi) is 5.23. The molecule has 34 heavy (non-hydrogen) atoms. The van der Waals surface area contributed by atoms with Crippen LogP contribution in [-0.4, -0.2) is 56.6 Å². The fraction of sp³-hybridized carbons (Fsp3) is 0.261. The van der Waals surface area contributed by atoms with Crippen LogP contribution in [0.3, 0.4) is 0 Å². The Morgan fingerprint density at radius 2 is 2.03 bits per heavy atom. The number of rotatable bonds is 4. The molecule has 1 aliphatic heterocycles. The summed E-state index contributed by atoms with van der Waals surface area (Å²) in [5.41, 5.74) is 2.81. The number of aryl methyl sites for hydroxylation is 1. The molecule has 174 valence electrons. The lowest BCUT2D eigenvalue weighted by Gasteiger charge is -2.35. The number of methoxy groups -OCH3 is 1. The van der Waals surface area contributed by atoms with Crippen LogP contribution >= 0.6 is 0 Å². The van der Waals surface area contributed by atoms with Crippen LogP contribution < -0.4 is 5.32 Å². The van der Waals surface area contributed by atoms with Gasteiger partial charge in [-0.1, -0.05) is 11.2 Å². The number of nitrogens with zero attached hydrogens (tertiary/aromatic N) is 5. The van der Waals surface area contributed by atoms with Crippen LogP contribution in [0.2, 0.25) is 0 Å². The number of hydrogen-bond donors (Lipinski definition) is 1. The number of benzene rings is 1. The first-order chi connectivity index (χ1) is 16.3. The minimum absolute atomic E-state index is 0.0929. The van der Waals surface area contributed by atoms with Gasteiger partial charge in [-0.3, -0.25) is 9.20 Å². The molecule has 1 aliphatic rings. The van der Waals surface area contributed by atoms with E-state index in [0.29, 0.717) is 35.8 Å². The molecule has 4 aromatic rings. The van der Waals surface area contributed by atoms with Crippen molar-refractivity contribution in [3.05, 3.63) is 65.1 Å². The standard InChI is InChI=1S/C23H21FN6O4/c1-12-4-5-19-25-8-18(30(19)9-12)21(31)26-17-7-14(6-16(24)13(17)2)22-27-20(28-34-22)15-10-29(11-15)23(32)33-3/h4-9,15H,10-11H2,1-3H3,(H,26,31). The Morgan fingerprint density at radius 3 is 2.79 bits per heavy atom. The largest absolute Gasteiger partial charge is 0.453 e. The zero-order chi connectivity index (χ0) is 24.0. The number of hydrogen-bond acceptors (Lipinski definition) is 7.